The number of anilines is 2. The molecule has 2 aromatic rings. The molecule has 112 valence electrons. The lowest BCUT2D eigenvalue weighted by molar-refractivity contribution is 0.102. The van der Waals surface area contributed by atoms with Crippen molar-refractivity contribution in [2.75, 3.05) is 24.3 Å². The molecule has 0 aliphatic heterocycles. The molecule has 0 spiro atoms. The molecule has 0 aliphatic rings. The van der Waals surface area contributed by atoms with Gasteiger partial charge in [-0.15, -0.1) is 0 Å². The molecule has 22 heavy (non-hydrogen) atoms. The smallest absolute Gasteiger partial charge is 0.255 e. The monoisotopic (exact) mass is 295 g/mol. The van der Waals surface area contributed by atoms with Gasteiger partial charge in [0.2, 0.25) is 0 Å². The topological polar surface area (TPSA) is 74.2 Å². The summed E-state index contributed by atoms with van der Waals surface area (Å²) < 4.78 is 5.26. The van der Waals surface area contributed by atoms with E-state index in [1.165, 1.54) is 0 Å². The van der Waals surface area contributed by atoms with E-state index in [9.17, 15) is 4.79 Å². The van der Waals surface area contributed by atoms with Gasteiger partial charge in [0, 0.05) is 17.8 Å². The van der Waals surface area contributed by atoms with Gasteiger partial charge >= 0.3 is 0 Å². The molecule has 0 unspecified atom stereocenters. The number of hydrogen-bond acceptors (Lipinski definition) is 4. The van der Waals surface area contributed by atoms with E-state index in [0.717, 1.165) is 5.69 Å². The van der Waals surface area contributed by atoms with Crippen molar-refractivity contribution in [1.29, 1.82) is 5.26 Å². The maximum Gasteiger partial charge on any atom is 0.255 e. The number of methoxy groups -OCH3 is 1. The zero-order chi connectivity index (χ0) is 15.8. The second kappa shape index (κ2) is 7.70. The molecule has 0 aliphatic carbocycles. The second-order valence-electron chi connectivity index (χ2n) is 4.57. The summed E-state index contributed by atoms with van der Waals surface area (Å²) >= 11 is 0. The molecule has 2 N–H and O–H groups in total. The summed E-state index contributed by atoms with van der Waals surface area (Å²) in [5.41, 5.74) is 2.00. The quantitative estimate of drug-likeness (QED) is 0.802. The van der Waals surface area contributed by atoms with E-state index in [-0.39, 0.29) is 5.91 Å². The first kappa shape index (κ1) is 15.4. The molecular formula is C17H17N3O2. The number of hydrogen-bond donors (Lipinski definition) is 2. The molecule has 0 bridgehead atoms. The first-order chi connectivity index (χ1) is 10.7. The van der Waals surface area contributed by atoms with Crippen molar-refractivity contribution < 1.29 is 9.53 Å². The van der Waals surface area contributed by atoms with Crippen molar-refractivity contribution >= 4 is 17.3 Å². The van der Waals surface area contributed by atoms with Gasteiger partial charge in [0.05, 0.1) is 25.3 Å². The first-order valence-corrected chi connectivity index (χ1v) is 6.90. The van der Waals surface area contributed by atoms with E-state index in [4.69, 9.17) is 10.00 Å². The third kappa shape index (κ3) is 4.00. The van der Waals surface area contributed by atoms with E-state index >= 15 is 0 Å². The number of ether oxygens (including phenoxy) is 1. The first-order valence-electron chi connectivity index (χ1n) is 6.90. The fourth-order valence-electron chi connectivity index (χ4n) is 1.97. The van der Waals surface area contributed by atoms with Crippen molar-refractivity contribution in [3.8, 4) is 11.8 Å². The number of rotatable bonds is 6. The average Bonchev–Trinajstić information content (AvgIpc) is 2.56. The van der Waals surface area contributed by atoms with Crippen LogP contribution in [0.4, 0.5) is 11.4 Å². The molecule has 1 amide bonds. The maximum absolute atomic E-state index is 12.1. The Hall–Kier alpha value is -3.00. The molecular weight excluding hydrogens is 278 g/mol. The van der Waals surface area contributed by atoms with Gasteiger partial charge in [0.15, 0.2) is 0 Å². The van der Waals surface area contributed by atoms with Crippen molar-refractivity contribution in [2.24, 2.45) is 0 Å². The molecule has 0 saturated carbocycles. The molecule has 2 rings (SSSR count). The van der Waals surface area contributed by atoms with Gasteiger partial charge < -0.3 is 15.4 Å². The Morgan fingerprint density at radius 2 is 2.00 bits per heavy atom. The van der Waals surface area contributed by atoms with E-state index in [0.29, 0.717) is 30.0 Å². The zero-order valence-electron chi connectivity index (χ0n) is 12.3. The minimum absolute atomic E-state index is 0.172. The highest BCUT2D eigenvalue weighted by molar-refractivity contribution is 6.04. The Labute approximate surface area is 129 Å². The van der Waals surface area contributed by atoms with E-state index < -0.39 is 0 Å². The third-order valence-corrected chi connectivity index (χ3v) is 3.05. The van der Waals surface area contributed by atoms with Gasteiger partial charge in [-0.1, -0.05) is 18.2 Å². The molecule has 2 aromatic carbocycles. The summed E-state index contributed by atoms with van der Waals surface area (Å²) in [7, 11) is 1.58. The van der Waals surface area contributed by atoms with Crippen LogP contribution in [0.3, 0.4) is 0 Å². The SMILES string of the molecule is COc1ccc(NC(=O)c2ccccc2)cc1NCCC#N. The van der Waals surface area contributed by atoms with Gasteiger partial charge in [0.1, 0.15) is 5.75 Å². The van der Waals surface area contributed by atoms with Crippen LogP contribution in [0.1, 0.15) is 16.8 Å². The number of nitrogens with one attached hydrogen (secondary N) is 2. The molecule has 0 atom stereocenters. The average molecular weight is 295 g/mol. The Bertz CT molecular complexity index is 678. The van der Waals surface area contributed by atoms with Gasteiger partial charge in [-0.25, -0.2) is 0 Å². The molecule has 0 fully saturated rings. The van der Waals surface area contributed by atoms with Crippen molar-refractivity contribution in [3.63, 3.8) is 0 Å². The van der Waals surface area contributed by atoms with Crippen LogP contribution < -0.4 is 15.4 Å². The Morgan fingerprint density at radius 3 is 2.68 bits per heavy atom. The lowest BCUT2D eigenvalue weighted by Crippen LogP contribution is -2.12. The van der Waals surface area contributed by atoms with Crippen LogP contribution in [0.15, 0.2) is 48.5 Å². The van der Waals surface area contributed by atoms with Crippen LogP contribution in [0, 0.1) is 11.3 Å². The summed E-state index contributed by atoms with van der Waals surface area (Å²) in [5.74, 6) is 0.490. The lowest BCUT2D eigenvalue weighted by Gasteiger charge is -2.13. The fraction of sp³-hybridized carbons (Fsp3) is 0.176. The minimum Gasteiger partial charge on any atom is -0.495 e. The van der Waals surface area contributed by atoms with E-state index in [1.54, 1.807) is 37.4 Å². The van der Waals surface area contributed by atoms with Crippen LogP contribution in [0.25, 0.3) is 0 Å². The predicted octanol–water partition coefficient (Wildman–Crippen LogP) is 3.27. The highest BCUT2D eigenvalue weighted by Gasteiger charge is 2.08. The summed E-state index contributed by atoms with van der Waals surface area (Å²) in [6.07, 6.45) is 0.393. The van der Waals surface area contributed by atoms with Crippen LogP contribution in [-0.2, 0) is 0 Å². The predicted molar refractivity (Wildman–Crippen MR) is 86.1 cm³/mol. The number of nitrogens with zero attached hydrogens (tertiary/aromatic N) is 1. The van der Waals surface area contributed by atoms with Crippen LogP contribution >= 0.6 is 0 Å². The van der Waals surface area contributed by atoms with Crippen LogP contribution in [0.2, 0.25) is 0 Å². The molecule has 0 heterocycles. The summed E-state index contributed by atoms with van der Waals surface area (Å²) in [5, 5.41) is 14.6. The van der Waals surface area contributed by atoms with Crippen molar-refractivity contribution in [3.05, 3.63) is 54.1 Å². The highest BCUT2D eigenvalue weighted by atomic mass is 16.5. The second-order valence-corrected chi connectivity index (χ2v) is 4.57. The number of benzene rings is 2. The highest BCUT2D eigenvalue weighted by Crippen LogP contribution is 2.28. The van der Waals surface area contributed by atoms with Crippen molar-refractivity contribution in [2.45, 2.75) is 6.42 Å². The zero-order valence-corrected chi connectivity index (χ0v) is 12.3. The molecule has 5 heteroatoms. The Kier molecular flexibility index (Phi) is 5.38. The van der Waals surface area contributed by atoms with Crippen LogP contribution in [0.5, 0.6) is 5.75 Å². The van der Waals surface area contributed by atoms with Gasteiger partial charge in [0.25, 0.3) is 5.91 Å². The fourth-order valence-corrected chi connectivity index (χ4v) is 1.97. The van der Waals surface area contributed by atoms with E-state index in [1.807, 2.05) is 18.2 Å². The number of carbonyl (C=O) groups is 1. The summed E-state index contributed by atoms with van der Waals surface area (Å²) in [4.78, 5) is 12.1. The van der Waals surface area contributed by atoms with Crippen molar-refractivity contribution in [1.82, 2.24) is 0 Å². The van der Waals surface area contributed by atoms with Gasteiger partial charge in [-0.05, 0) is 30.3 Å². The lowest BCUT2D eigenvalue weighted by atomic mass is 10.2. The molecule has 0 radical (unpaired) electrons. The standard InChI is InChI=1S/C17H17N3O2/c1-22-16-9-8-14(12-15(16)19-11-5-10-18)20-17(21)13-6-3-2-4-7-13/h2-4,6-9,12,19H,5,11H2,1H3,(H,20,21). The van der Waals surface area contributed by atoms with Gasteiger partial charge in [-0.2, -0.15) is 5.26 Å². The molecule has 0 saturated heterocycles. The summed E-state index contributed by atoms with van der Waals surface area (Å²) in [6.45, 7) is 0.517. The maximum atomic E-state index is 12.1. The Balaban J connectivity index is 2.13. The van der Waals surface area contributed by atoms with Crippen LogP contribution in [-0.4, -0.2) is 19.6 Å². The molecule has 0 aromatic heterocycles. The normalized spacial score (nSPS) is 9.64. The summed E-state index contributed by atoms with van der Waals surface area (Å²) in [6, 6.07) is 16.4. The van der Waals surface area contributed by atoms with E-state index in [2.05, 4.69) is 16.7 Å². The number of carbonyl (C=O) groups excluding carboxylic acids is 1. The molecule has 5 nitrogen and oxygen atoms in total. The van der Waals surface area contributed by atoms with Gasteiger partial charge in [-0.3, -0.25) is 4.79 Å². The third-order valence-electron chi connectivity index (χ3n) is 3.05. The number of nitriles is 1. The largest absolute Gasteiger partial charge is 0.495 e. The number of amides is 1. The minimum atomic E-state index is -0.172. The Morgan fingerprint density at radius 1 is 1.23 bits per heavy atom.